The Balaban J connectivity index is 2.71. The first kappa shape index (κ1) is 16.3. The first-order chi connectivity index (χ1) is 10.3. The number of anilines is 2. The highest BCUT2D eigenvalue weighted by Crippen LogP contribution is 2.39. The molecule has 0 aliphatic carbocycles. The van der Waals surface area contributed by atoms with Gasteiger partial charge >= 0.3 is 0 Å². The second kappa shape index (κ2) is 6.34. The van der Waals surface area contributed by atoms with Crippen LogP contribution >= 0.6 is 23.2 Å². The molecule has 0 atom stereocenters. The maximum atomic E-state index is 12.1. The maximum Gasteiger partial charge on any atom is 0.294 e. The second-order valence-electron chi connectivity index (χ2n) is 4.71. The molecule has 0 saturated heterocycles. The predicted molar refractivity (Wildman–Crippen MR) is 87.1 cm³/mol. The highest BCUT2D eigenvalue weighted by molar-refractivity contribution is 6.42. The van der Waals surface area contributed by atoms with Gasteiger partial charge in [-0.1, -0.05) is 35.3 Å². The molecule has 114 valence electrons. The molecular weight excluding hydrogens is 327 g/mol. The van der Waals surface area contributed by atoms with Gasteiger partial charge in [-0.15, -0.1) is 0 Å². The SMILES string of the molecule is CC(=O)N(c1cccc(C)c1)c1cc(Cl)c(Cl)cc1[N+](=O)[O-]. The lowest BCUT2D eigenvalue weighted by Crippen LogP contribution is -2.23. The first-order valence-corrected chi connectivity index (χ1v) is 7.07. The van der Waals surface area contributed by atoms with E-state index in [1.54, 1.807) is 18.2 Å². The smallest absolute Gasteiger partial charge is 0.275 e. The number of nitrogens with zero attached hydrogens (tertiary/aromatic N) is 2. The molecule has 0 aliphatic heterocycles. The third kappa shape index (κ3) is 3.21. The molecule has 0 fully saturated rings. The van der Waals surface area contributed by atoms with E-state index >= 15 is 0 Å². The number of halogens is 2. The largest absolute Gasteiger partial charge is 0.294 e. The zero-order chi connectivity index (χ0) is 16.4. The molecule has 22 heavy (non-hydrogen) atoms. The Morgan fingerprint density at radius 1 is 1.18 bits per heavy atom. The fourth-order valence-electron chi connectivity index (χ4n) is 2.11. The Hall–Kier alpha value is -2.11. The van der Waals surface area contributed by atoms with Crippen molar-refractivity contribution in [2.75, 3.05) is 4.90 Å². The van der Waals surface area contributed by atoms with Crippen molar-refractivity contribution in [2.45, 2.75) is 13.8 Å². The first-order valence-electron chi connectivity index (χ1n) is 6.32. The summed E-state index contributed by atoms with van der Waals surface area (Å²) in [5.41, 5.74) is 1.24. The van der Waals surface area contributed by atoms with Gasteiger partial charge in [-0.25, -0.2) is 0 Å². The number of nitro benzene ring substituents is 1. The van der Waals surface area contributed by atoms with Gasteiger partial charge in [0.2, 0.25) is 5.91 Å². The highest BCUT2D eigenvalue weighted by atomic mass is 35.5. The zero-order valence-corrected chi connectivity index (χ0v) is 13.4. The number of rotatable bonds is 3. The van der Waals surface area contributed by atoms with Crippen LogP contribution in [0.4, 0.5) is 17.1 Å². The Bertz CT molecular complexity index is 762. The Labute approximate surface area is 137 Å². The molecule has 2 aromatic carbocycles. The summed E-state index contributed by atoms with van der Waals surface area (Å²) in [7, 11) is 0. The van der Waals surface area contributed by atoms with Crippen molar-refractivity contribution < 1.29 is 9.72 Å². The van der Waals surface area contributed by atoms with E-state index in [-0.39, 0.29) is 27.3 Å². The molecule has 0 aliphatic rings. The van der Waals surface area contributed by atoms with Crippen LogP contribution in [-0.4, -0.2) is 10.8 Å². The molecule has 0 unspecified atom stereocenters. The van der Waals surface area contributed by atoms with Crippen molar-refractivity contribution in [3.8, 4) is 0 Å². The second-order valence-corrected chi connectivity index (χ2v) is 5.52. The molecule has 2 rings (SSSR count). The summed E-state index contributed by atoms with van der Waals surface area (Å²) in [5.74, 6) is -0.368. The Morgan fingerprint density at radius 3 is 2.36 bits per heavy atom. The zero-order valence-electron chi connectivity index (χ0n) is 11.8. The van der Waals surface area contributed by atoms with Crippen LogP contribution < -0.4 is 4.90 Å². The number of carbonyl (C=O) groups is 1. The standard InChI is InChI=1S/C15H12Cl2N2O3/c1-9-4-3-5-11(6-9)18(10(2)20)14-7-12(16)13(17)8-15(14)19(21)22/h3-8H,1-2H3. The lowest BCUT2D eigenvalue weighted by atomic mass is 10.1. The number of amides is 1. The van der Waals surface area contributed by atoms with E-state index in [0.717, 1.165) is 11.6 Å². The number of hydrogen-bond donors (Lipinski definition) is 0. The van der Waals surface area contributed by atoms with Crippen molar-refractivity contribution >= 4 is 46.2 Å². The average molecular weight is 339 g/mol. The van der Waals surface area contributed by atoms with Gasteiger partial charge in [-0.3, -0.25) is 19.8 Å². The van der Waals surface area contributed by atoms with Crippen LogP contribution in [0.15, 0.2) is 36.4 Å². The summed E-state index contributed by atoms with van der Waals surface area (Å²) in [6.45, 7) is 3.19. The van der Waals surface area contributed by atoms with E-state index in [4.69, 9.17) is 23.2 Å². The van der Waals surface area contributed by atoms with E-state index < -0.39 is 4.92 Å². The summed E-state index contributed by atoms with van der Waals surface area (Å²) in [5, 5.41) is 11.5. The third-order valence-corrected chi connectivity index (χ3v) is 3.75. The van der Waals surface area contributed by atoms with Gasteiger partial charge in [0, 0.05) is 18.7 Å². The molecule has 0 bridgehead atoms. The van der Waals surface area contributed by atoms with Gasteiger partial charge < -0.3 is 0 Å². The van der Waals surface area contributed by atoms with Crippen molar-refractivity contribution in [3.05, 3.63) is 62.1 Å². The minimum absolute atomic E-state index is 0.0601. The quantitative estimate of drug-likeness (QED) is 0.590. The van der Waals surface area contributed by atoms with Gasteiger partial charge in [0.1, 0.15) is 5.69 Å². The molecule has 1 amide bonds. The summed E-state index contributed by atoms with van der Waals surface area (Å²) in [6, 6.07) is 9.56. The summed E-state index contributed by atoms with van der Waals surface area (Å²) < 4.78 is 0. The number of nitro groups is 1. The van der Waals surface area contributed by atoms with Gasteiger partial charge in [-0.2, -0.15) is 0 Å². The van der Waals surface area contributed by atoms with E-state index in [2.05, 4.69) is 0 Å². The lowest BCUT2D eigenvalue weighted by Gasteiger charge is -2.22. The summed E-state index contributed by atoms with van der Waals surface area (Å²) in [6.07, 6.45) is 0. The Morgan fingerprint density at radius 2 is 1.82 bits per heavy atom. The van der Waals surface area contributed by atoms with E-state index in [1.165, 1.54) is 17.9 Å². The van der Waals surface area contributed by atoms with Crippen molar-refractivity contribution in [1.82, 2.24) is 0 Å². The maximum absolute atomic E-state index is 12.1. The normalized spacial score (nSPS) is 10.4. The van der Waals surface area contributed by atoms with Crippen molar-refractivity contribution in [3.63, 3.8) is 0 Å². The summed E-state index contributed by atoms with van der Waals surface area (Å²) in [4.78, 5) is 24.0. The fourth-order valence-corrected chi connectivity index (χ4v) is 2.42. The Kier molecular flexibility index (Phi) is 4.68. The van der Waals surface area contributed by atoms with Gasteiger partial charge in [0.05, 0.1) is 15.0 Å². The topological polar surface area (TPSA) is 63.5 Å². The van der Waals surface area contributed by atoms with Crippen LogP contribution in [0.2, 0.25) is 10.0 Å². The molecule has 7 heteroatoms. The molecule has 2 aromatic rings. The van der Waals surface area contributed by atoms with Gasteiger partial charge in [0.15, 0.2) is 0 Å². The number of carbonyl (C=O) groups excluding carboxylic acids is 1. The fraction of sp³-hybridized carbons (Fsp3) is 0.133. The van der Waals surface area contributed by atoms with Crippen molar-refractivity contribution in [1.29, 1.82) is 0 Å². The summed E-state index contributed by atoms with van der Waals surface area (Å²) >= 11 is 11.8. The van der Waals surface area contributed by atoms with Crippen LogP contribution in [0.25, 0.3) is 0 Å². The molecule has 0 aromatic heterocycles. The number of aryl methyl sites for hydroxylation is 1. The minimum Gasteiger partial charge on any atom is -0.275 e. The minimum atomic E-state index is -0.594. The number of benzene rings is 2. The van der Waals surface area contributed by atoms with E-state index in [0.29, 0.717) is 5.69 Å². The average Bonchev–Trinajstić information content (AvgIpc) is 2.42. The molecule has 0 N–H and O–H groups in total. The molecular formula is C15H12Cl2N2O3. The number of hydrogen-bond acceptors (Lipinski definition) is 3. The third-order valence-electron chi connectivity index (χ3n) is 3.03. The van der Waals surface area contributed by atoms with Gasteiger partial charge in [0.25, 0.3) is 5.69 Å². The highest BCUT2D eigenvalue weighted by Gasteiger charge is 2.25. The van der Waals surface area contributed by atoms with E-state index in [9.17, 15) is 14.9 Å². The molecule has 0 saturated carbocycles. The van der Waals surface area contributed by atoms with Crippen LogP contribution in [0.3, 0.4) is 0 Å². The van der Waals surface area contributed by atoms with Gasteiger partial charge in [-0.05, 0) is 30.7 Å². The van der Waals surface area contributed by atoms with Crippen LogP contribution in [0.1, 0.15) is 12.5 Å². The predicted octanol–water partition coefficient (Wildman–Crippen LogP) is 4.89. The lowest BCUT2D eigenvalue weighted by molar-refractivity contribution is -0.384. The monoisotopic (exact) mass is 338 g/mol. The van der Waals surface area contributed by atoms with E-state index in [1.807, 2.05) is 13.0 Å². The molecule has 0 heterocycles. The molecule has 0 spiro atoms. The van der Waals surface area contributed by atoms with Crippen LogP contribution in [-0.2, 0) is 4.79 Å². The molecule has 5 nitrogen and oxygen atoms in total. The molecule has 0 radical (unpaired) electrons. The van der Waals surface area contributed by atoms with Crippen LogP contribution in [0.5, 0.6) is 0 Å². The van der Waals surface area contributed by atoms with Crippen molar-refractivity contribution in [2.24, 2.45) is 0 Å². The van der Waals surface area contributed by atoms with Crippen LogP contribution in [0, 0.1) is 17.0 Å².